The van der Waals surface area contributed by atoms with E-state index in [9.17, 15) is 14.4 Å². The van der Waals surface area contributed by atoms with Crippen LogP contribution in [0.5, 0.6) is 5.75 Å². The Morgan fingerprint density at radius 1 is 1.19 bits per heavy atom. The van der Waals surface area contributed by atoms with Gasteiger partial charge in [0.2, 0.25) is 11.8 Å². The number of para-hydroxylation sites is 1. The van der Waals surface area contributed by atoms with Gasteiger partial charge in [-0.25, -0.2) is 0 Å². The Morgan fingerprint density at radius 3 is 2.81 bits per heavy atom. The Labute approximate surface area is 121 Å². The lowest BCUT2D eigenvalue weighted by Gasteiger charge is -2.28. The Kier molecular flexibility index (Phi) is 3.60. The highest BCUT2D eigenvalue weighted by Crippen LogP contribution is 2.27. The summed E-state index contributed by atoms with van der Waals surface area (Å²) in [7, 11) is 0. The third-order valence-corrected chi connectivity index (χ3v) is 3.77. The Morgan fingerprint density at radius 2 is 2.00 bits per heavy atom. The molecule has 6 heteroatoms. The van der Waals surface area contributed by atoms with Gasteiger partial charge in [0.05, 0.1) is 0 Å². The average Bonchev–Trinajstić information content (AvgIpc) is 2.49. The van der Waals surface area contributed by atoms with E-state index in [1.807, 2.05) is 24.3 Å². The van der Waals surface area contributed by atoms with Crippen LogP contribution in [0, 0.1) is 0 Å². The van der Waals surface area contributed by atoms with Crippen molar-refractivity contribution in [1.29, 1.82) is 0 Å². The predicted molar refractivity (Wildman–Crippen MR) is 73.5 cm³/mol. The number of hydrogen-bond acceptors (Lipinski definition) is 4. The minimum atomic E-state index is -0.657. The zero-order valence-electron chi connectivity index (χ0n) is 11.4. The van der Waals surface area contributed by atoms with Gasteiger partial charge in [-0.2, -0.15) is 0 Å². The summed E-state index contributed by atoms with van der Waals surface area (Å²) in [5.74, 6) is -0.338. The molecule has 0 saturated carbocycles. The molecule has 1 aromatic rings. The van der Waals surface area contributed by atoms with Crippen molar-refractivity contribution in [3.8, 4) is 5.75 Å². The van der Waals surface area contributed by atoms with Gasteiger partial charge < -0.3 is 10.1 Å². The van der Waals surface area contributed by atoms with Crippen LogP contribution in [0.4, 0.5) is 0 Å². The van der Waals surface area contributed by atoms with Gasteiger partial charge in [-0.05, 0) is 30.9 Å². The lowest BCUT2D eigenvalue weighted by molar-refractivity contribution is -0.139. The molecular weight excluding hydrogens is 272 g/mol. The maximum absolute atomic E-state index is 12.2. The van der Waals surface area contributed by atoms with Crippen molar-refractivity contribution in [2.75, 3.05) is 0 Å². The second kappa shape index (κ2) is 5.55. The molecule has 3 amide bonds. The molecule has 3 rings (SSSR count). The normalized spacial score (nSPS) is 24.6. The van der Waals surface area contributed by atoms with E-state index in [1.165, 1.54) is 0 Å². The van der Waals surface area contributed by atoms with Crippen LogP contribution in [0.1, 0.15) is 24.8 Å². The molecule has 0 aromatic heterocycles. The van der Waals surface area contributed by atoms with Crippen molar-refractivity contribution in [1.82, 2.24) is 10.6 Å². The summed E-state index contributed by atoms with van der Waals surface area (Å²) in [6.45, 7) is 0. The van der Waals surface area contributed by atoms with Gasteiger partial charge in [0, 0.05) is 6.42 Å². The number of nitrogens with one attached hydrogen (secondary N) is 2. The first kappa shape index (κ1) is 13.6. The maximum atomic E-state index is 12.2. The molecule has 2 heterocycles. The van der Waals surface area contributed by atoms with E-state index in [-0.39, 0.29) is 18.2 Å². The van der Waals surface area contributed by atoms with E-state index >= 15 is 0 Å². The molecule has 0 radical (unpaired) electrons. The molecule has 2 N–H and O–H groups in total. The number of carbonyl (C=O) groups excluding carboxylic acids is 3. The molecule has 2 atom stereocenters. The molecule has 2 aliphatic rings. The monoisotopic (exact) mass is 288 g/mol. The Bertz CT molecular complexity index is 599. The first-order chi connectivity index (χ1) is 10.1. The molecule has 110 valence electrons. The van der Waals surface area contributed by atoms with Gasteiger partial charge in [0.15, 0.2) is 6.10 Å². The molecular formula is C15H16N2O4. The molecule has 6 nitrogen and oxygen atoms in total. The minimum Gasteiger partial charge on any atom is -0.480 e. The van der Waals surface area contributed by atoms with Crippen LogP contribution in [0.25, 0.3) is 0 Å². The zero-order chi connectivity index (χ0) is 14.8. The molecule has 21 heavy (non-hydrogen) atoms. The van der Waals surface area contributed by atoms with Gasteiger partial charge in [-0.15, -0.1) is 0 Å². The quantitative estimate of drug-likeness (QED) is 0.767. The van der Waals surface area contributed by atoms with Gasteiger partial charge in [0.25, 0.3) is 5.91 Å². The summed E-state index contributed by atoms with van der Waals surface area (Å²) in [6.07, 6.45) is 1.33. The predicted octanol–water partition coefficient (Wildman–Crippen LogP) is 0.302. The van der Waals surface area contributed by atoms with Crippen molar-refractivity contribution in [3.63, 3.8) is 0 Å². The molecule has 2 unspecified atom stereocenters. The number of rotatable bonds is 2. The SMILES string of the molecule is O=C1CCC(NC(=O)C2CCc3ccccc3O2)C(=O)N1. The van der Waals surface area contributed by atoms with Crippen molar-refractivity contribution in [3.05, 3.63) is 29.8 Å². The minimum absolute atomic E-state index is 0.241. The molecule has 2 aliphatic heterocycles. The molecule has 1 aromatic carbocycles. The number of carbonyl (C=O) groups is 3. The average molecular weight is 288 g/mol. The van der Waals surface area contributed by atoms with Gasteiger partial charge in [-0.3, -0.25) is 19.7 Å². The zero-order valence-corrected chi connectivity index (χ0v) is 11.4. The summed E-state index contributed by atoms with van der Waals surface area (Å²) in [4.78, 5) is 34.9. The summed E-state index contributed by atoms with van der Waals surface area (Å²) >= 11 is 0. The number of amides is 3. The second-order valence-corrected chi connectivity index (χ2v) is 5.27. The van der Waals surface area contributed by atoms with Gasteiger partial charge in [-0.1, -0.05) is 18.2 Å². The van der Waals surface area contributed by atoms with Crippen LogP contribution < -0.4 is 15.4 Å². The number of ether oxygens (including phenoxy) is 1. The number of benzene rings is 1. The smallest absolute Gasteiger partial charge is 0.261 e. The van der Waals surface area contributed by atoms with Crippen LogP contribution in [0.3, 0.4) is 0 Å². The van der Waals surface area contributed by atoms with E-state index < -0.39 is 18.1 Å². The van der Waals surface area contributed by atoms with Crippen LogP contribution in [-0.2, 0) is 20.8 Å². The number of imide groups is 1. The fraction of sp³-hybridized carbons (Fsp3) is 0.400. The van der Waals surface area contributed by atoms with E-state index in [0.717, 1.165) is 12.0 Å². The number of fused-ring (bicyclic) bond motifs is 1. The Hall–Kier alpha value is -2.37. The highest BCUT2D eigenvalue weighted by molar-refractivity contribution is 6.01. The summed E-state index contributed by atoms with van der Waals surface area (Å²) in [6, 6.07) is 6.95. The van der Waals surface area contributed by atoms with Crippen LogP contribution in [-0.4, -0.2) is 29.9 Å². The first-order valence-electron chi connectivity index (χ1n) is 7.02. The second-order valence-electron chi connectivity index (χ2n) is 5.27. The number of piperidine rings is 1. The van der Waals surface area contributed by atoms with Crippen molar-refractivity contribution in [2.45, 2.75) is 37.8 Å². The van der Waals surface area contributed by atoms with Crippen molar-refractivity contribution >= 4 is 17.7 Å². The summed E-state index contributed by atoms with van der Waals surface area (Å²) in [5, 5.41) is 4.88. The van der Waals surface area contributed by atoms with E-state index in [2.05, 4.69) is 10.6 Å². The summed E-state index contributed by atoms with van der Waals surface area (Å²) in [5.41, 5.74) is 1.09. The van der Waals surface area contributed by atoms with Gasteiger partial charge >= 0.3 is 0 Å². The molecule has 1 fully saturated rings. The highest BCUT2D eigenvalue weighted by Gasteiger charge is 2.32. The topological polar surface area (TPSA) is 84.5 Å². The molecule has 0 bridgehead atoms. The lowest BCUT2D eigenvalue weighted by Crippen LogP contribution is -2.55. The third kappa shape index (κ3) is 2.89. The maximum Gasteiger partial charge on any atom is 0.261 e. The fourth-order valence-corrected chi connectivity index (χ4v) is 2.60. The van der Waals surface area contributed by atoms with E-state index in [1.54, 1.807) is 0 Å². The molecule has 0 spiro atoms. The van der Waals surface area contributed by atoms with Crippen LogP contribution in [0.2, 0.25) is 0 Å². The van der Waals surface area contributed by atoms with Gasteiger partial charge in [0.1, 0.15) is 11.8 Å². The third-order valence-electron chi connectivity index (χ3n) is 3.77. The highest BCUT2D eigenvalue weighted by atomic mass is 16.5. The summed E-state index contributed by atoms with van der Waals surface area (Å²) < 4.78 is 5.68. The van der Waals surface area contributed by atoms with E-state index in [0.29, 0.717) is 18.6 Å². The Balaban J connectivity index is 1.62. The van der Waals surface area contributed by atoms with E-state index in [4.69, 9.17) is 4.74 Å². The molecule has 0 aliphatic carbocycles. The number of aryl methyl sites for hydroxylation is 1. The first-order valence-corrected chi connectivity index (χ1v) is 7.02. The van der Waals surface area contributed by atoms with Crippen molar-refractivity contribution < 1.29 is 19.1 Å². The molecule has 1 saturated heterocycles. The largest absolute Gasteiger partial charge is 0.480 e. The van der Waals surface area contributed by atoms with Crippen LogP contribution in [0.15, 0.2) is 24.3 Å². The van der Waals surface area contributed by atoms with Crippen molar-refractivity contribution in [2.24, 2.45) is 0 Å². The van der Waals surface area contributed by atoms with Crippen LogP contribution >= 0.6 is 0 Å². The lowest BCUT2D eigenvalue weighted by atomic mass is 10.0. The standard InChI is InChI=1S/C15H16N2O4/c18-13-8-6-10(14(19)17-13)16-15(20)12-7-5-9-3-1-2-4-11(9)21-12/h1-4,10,12H,5-8H2,(H,16,20)(H,17,18,19). The number of hydrogen-bond donors (Lipinski definition) is 2. The fourth-order valence-electron chi connectivity index (χ4n) is 2.60.